The largest absolute Gasteiger partial charge is 0.383 e. The highest BCUT2D eigenvalue weighted by Gasteiger charge is 2.07. The van der Waals surface area contributed by atoms with Crippen LogP contribution in [0.25, 0.3) is 11.3 Å². The topological polar surface area (TPSA) is 72.0 Å². The van der Waals surface area contributed by atoms with Crippen LogP contribution in [0.5, 0.6) is 0 Å². The van der Waals surface area contributed by atoms with Gasteiger partial charge in [0.1, 0.15) is 5.82 Å². The molecule has 25 heavy (non-hydrogen) atoms. The Balaban J connectivity index is 1.81. The Bertz CT molecular complexity index is 780. The molecule has 0 saturated heterocycles. The summed E-state index contributed by atoms with van der Waals surface area (Å²) in [4.78, 5) is 13.3. The summed E-state index contributed by atoms with van der Waals surface area (Å²) in [5.41, 5.74) is 2.98. The summed E-state index contributed by atoms with van der Waals surface area (Å²) in [5.74, 6) is 1.34. The molecule has 0 aliphatic heterocycles. The second kappa shape index (κ2) is 8.75. The molecule has 0 unspecified atom stereocenters. The lowest BCUT2D eigenvalue weighted by molar-refractivity contribution is 0.210. The van der Waals surface area contributed by atoms with E-state index in [4.69, 9.17) is 4.74 Å². The number of ether oxygens (including phenoxy) is 1. The van der Waals surface area contributed by atoms with Gasteiger partial charge in [-0.2, -0.15) is 4.98 Å². The third-order valence-corrected chi connectivity index (χ3v) is 3.58. The van der Waals surface area contributed by atoms with Crippen LogP contribution >= 0.6 is 0 Å². The fraction of sp³-hybridized carbons (Fsp3) is 0.211. The summed E-state index contributed by atoms with van der Waals surface area (Å²) in [6.07, 6.45) is 3.58. The van der Waals surface area contributed by atoms with Gasteiger partial charge in [-0.1, -0.05) is 36.4 Å². The van der Waals surface area contributed by atoms with Crippen LogP contribution in [0.4, 0.5) is 11.8 Å². The molecule has 0 atom stereocenters. The SMILES string of the molecule is COCCNc1cc(-c2ccccc2)nc(NCc2cccnc2)n1. The molecule has 0 bridgehead atoms. The van der Waals surface area contributed by atoms with Crippen molar-refractivity contribution >= 4 is 11.8 Å². The Hall–Kier alpha value is -2.99. The van der Waals surface area contributed by atoms with Gasteiger partial charge in [-0.05, 0) is 11.6 Å². The van der Waals surface area contributed by atoms with Gasteiger partial charge in [0.05, 0.1) is 12.3 Å². The van der Waals surface area contributed by atoms with Gasteiger partial charge < -0.3 is 15.4 Å². The Morgan fingerprint density at radius 3 is 2.64 bits per heavy atom. The minimum atomic E-state index is 0.574. The van der Waals surface area contributed by atoms with E-state index in [0.717, 1.165) is 22.6 Å². The summed E-state index contributed by atoms with van der Waals surface area (Å²) in [7, 11) is 1.68. The van der Waals surface area contributed by atoms with E-state index in [1.807, 2.05) is 54.7 Å². The van der Waals surface area contributed by atoms with Gasteiger partial charge in [0.2, 0.25) is 5.95 Å². The summed E-state index contributed by atoms with van der Waals surface area (Å²) in [6, 6.07) is 15.9. The van der Waals surface area contributed by atoms with E-state index >= 15 is 0 Å². The van der Waals surface area contributed by atoms with Crippen molar-refractivity contribution in [2.45, 2.75) is 6.54 Å². The van der Waals surface area contributed by atoms with Gasteiger partial charge in [0.25, 0.3) is 0 Å². The number of hydrogen-bond donors (Lipinski definition) is 2. The zero-order valence-electron chi connectivity index (χ0n) is 14.1. The van der Waals surface area contributed by atoms with Crippen molar-refractivity contribution < 1.29 is 4.74 Å². The molecule has 0 amide bonds. The number of nitrogens with one attached hydrogen (secondary N) is 2. The molecule has 1 aromatic carbocycles. The van der Waals surface area contributed by atoms with Crippen LogP contribution in [0.15, 0.2) is 60.9 Å². The average Bonchev–Trinajstić information content (AvgIpc) is 2.68. The lowest BCUT2D eigenvalue weighted by atomic mass is 10.1. The quantitative estimate of drug-likeness (QED) is 0.616. The monoisotopic (exact) mass is 335 g/mol. The highest BCUT2D eigenvalue weighted by Crippen LogP contribution is 2.21. The van der Waals surface area contributed by atoms with Gasteiger partial charge >= 0.3 is 0 Å². The molecule has 2 N–H and O–H groups in total. The predicted molar refractivity (Wildman–Crippen MR) is 99.4 cm³/mol. The summed E-state index contributed by atoms with van der Waals surface area (Å²) >= 11 is 0. The van der Waals surface area contributed by atoms with Gasteiger partial charge in [-0.3, -0.25) is 4.98 Å². The van der Waals surface area contributed by atoms with Crippen LogP contribution in [0.1, 0.15) is 5.56 Å². The number of benzene rings is 1. The van der Waals surface area contributed by atoms with E-state index in [-0.39, 0.29) is 0 Å². The summed E-state index contributed by atoms with van der Waals surface area (Å²) < 4.78 is 5.09. The molecule has 2 aromatic heterocycles. The van der Waals surface area contributed by atoms with Gasteiger partial charge in [-0.15, -0.1) is 0 Å². The van der Waals surface area contributed by atoms with Crippen molar-refractivity contribution in [2.75, 3.05) is 30.9 Å². The molecular weight excluding hydrogens is 314 g/mol. The summed E-state index contributed by atoms with van der Waals surface area (Å²) in [5, 5.41) is 6.53. The van der Waals surface area contributed by atoms with Crippen molar-refractivity contribution in [2.24, 2.45) is 0 Å². The van der Waals surface area contributed by atoms with E-state index in [1.165, 1.54) is 0 Å². The molecule has 128 valence electrons. The predicted octanol–water partition coefficient (Wildman–Crippen LogP) is 3.21. The van der Waals surface area contributed by atoms with E-state index in [0.29, 0.717) is 25.6 Å². The molecule has 0 spiro atoms. The molecular formula is C19H21N5O. The fourth-order valence-corrected chi connectivity index (χ4v) is 2.34. The van der Waals surface area contributed by atoms with Gasteiger partial charge in [0.15, 0.2) is 0 Å². The van der Waals surface area contributed by atoms with E-state index in [1.54, 1.807) is 13.3 Å². The third-order valence-electron chi connectivity index (χ3n) is 3.58. The number of pyridine rings is 1. The lowest BCUT2D eigenvalue weighted by Gasteiger charge is -2.11. The molecule has 3 aromatic rings. The van der Waals surface area contributed by atoms with Crippen LogP contribution in [0, 0.1) is 0 Å². The van der Waals surface area contributed by atoms with E-state index in [2.05, 4.69) is 25.6 Å². The number of aromatic nitrogens is 3. The highest BCUT2D eigenvalue weighted by molar-refractivity contribution is 5.64. The Morgan fingerprint density at radius 1 is 1.00 bits per heavy atom. The normalized spacial score (nSPS) is 10.4. The molecule has 2 heterocycles. The van der Waals surface area contributed by atoms with E-state index in [9.17, 15) is 0 Å². The molecule has 6 heteroatoms. The zero-order chi connectivity index (χ0) is 17.3. The minimum absolute atomic E-state index is 0.574. The standard InChI is InChI=1S/C19H21N5O/c1-25-11-10-21-18-12-17(16-7-3-2-4-8-16)23-19(24-18)22-14-15-6-5-9-20-13-15/h2-9,12-13H,10-11,14H2,1H3,(H2,21,22,23,24). The number of nitrogens with zero attached hydrogens (tertiary/aromatic N) is 3. The molecule has 0 aliphatic carbocycles. The number of methoxy groups -OCH3 is 1. The molecule has 0 radical (unpaired) electrons. The lowest BCUT2D eigenvalue weighted by Crippen LogP contribution is -2.11. The van der Waals surface area contributed by atoms with Gasteiger partial charge in [0, 0.05) is 44.2 Å². The van der Waals surface area contributed by atoms with Gasteiger partial charge in [-0.25, -0.2) is 4.98 Å². The third kappa shape index (κ3) is 4.99. The maximum Gasteiger partial charge on any atom is 0.225 e. The first-order chi connectivity index (χ1) is 12.3. The van der Waals surface area contributed by atoms with Crippen LogP contribution in [0.3, 0.4) is 0 Å². The molecule has 0 fully saturated rings. The molecule has 0 aliphatic rings. The fourth-order valence-electron chi connectivity index (χ4n) is 2.34. The van der Waals surface area contributed by atoms with Crippen LogP contribution < -0.4 is 10.6 Å². The zero-order valence-corrected chi connectivity index (χ0v) is 14.1. The number of rotatable bonds is 8. The molecule has 6 nitrogen and oxygen atoms in total. The number of hydrogen-bond acceptors (Lipinski definition) is 6. The molecule has 0 saturated carbocycles. The van der Waals surface area contributed by atoms with Crippen LogP contribution in [-0.2, 0) is 11.3 Å². The highest BCUT2D eigenvalue weighted by atomic mass is 16.5. The van der Waals surface area contributed by atoms with Crippen molar-refractivity contribution in [3.05, 3.63) is 66.5 Å². The Morgan fingerprint density at radius 2 is 1.88 bits per heavy atom. The smallest absolute Gasteiger partial charge is 0.225 e. The van der Waals surface area contributed by atoms with Crippen molar-refractivity contribution in [3.8, 4) is 11.3 Å². The summed E-state index contributed by atoms with van der Waals surface area (Å²) in [6.45, 7) is 1.91. The van der Waals surface area contributed by atoms with Crippen molar-refractivity contribution in [1.82, 2.24) is 15.0 Å². The second-order valence-electron chi connectivity index (χ2n) is 5.46. The minimum Gasteiger partial charge on any atom is -0.383 e. The van der Waals surface area contributed by atoms with Crippen LogP contribution in [-0.4, -0.2) is 35.2 Å². The second-order valence-corrected chi connectivity index (χ2v) is 5.46. The number of anilines is 2. The first-order valence-electron chi connectivity index (χ1n) is 8.15. The Kier molecular flexibility index (Phi) is 5.90. The van der Waals surface area contributed by atoms with Crippen molar-refractivity contribution in [3.63, 3.8) is 0 Å². The maximum absolute atomic E-state index is 5.09. The van der Waals surface area contributed by atoms with E-state index < -0.39 is 0 Å². The Labute approximate surface area is 147 Å². The average molecular weight is 335 g/mol. The molecule has 3 rings (SSSR count). The first-order valence-corrected chi connectivity index (χ1v) is 8.15. The first kappa shape index (κ1) is 16.9. The van der Waals surface area contributed by atoms with Crippen LogP contribution in [0.2, 0.25) is 0 Å². The van der Waals surface area contributed by atoms with Crippen molar-refractivity contribution in [1.29, 1.82) is 0 Å². The maximum atomic E-state index is 5.09.